The van der Waals surface area contributed by atoms with Crippen molar-refractivity contribution in [3.63, 3.8) is 0 Å². The molecule has 0 aliphatic rings. The molecule has 0 fully saturated rings. The Bertz CT molecular complexity index is 456. The number of rotatable bonds is 3. The quantitative estimate of drug-likeness (QED) is 0.189. The highest BCUT2D eigenvalue weighted by atomic mass is 35.6. The molecule has 3 nitrogen and oxygen atoms in total. The second-order valence-electron chi connectivity index (χ2n) is 3.53. The monoisotopic (exact) mass is 644 g/mol. The van der Waals surface area contributed by atoms with E-state index in [0.29, 0.717) is 0 Å². The van der Waals surface area contributed by atoms with Crippen molar-refractivity contribution >= 4 is 173 Å². The molecule has 0 atom stereocenters. The van der Waals surface area contributed by atoms with E-state index in [1.54, 1.807) is 0 Å². The van der Waals surface area contributed by atoms with Crippen LogP contribution < -0.4 is 0 Å². The first-order valence-corrected chi connectivity index (χ1v) is 10.9. The maximum absolute atomic E-state index is 8.59. The van der Waals surface area contributed by atoms with E-state index in [4.69, 9.17) is 175 Å². The van der Waals surface area contributed by atoms with E-state index in [1.807, 2.05) is 0 Å². The molecule has 0 aromatic rings. The lowest BCUT2D eigenvalue weighted by Crippen LogP contribution is -2.64. The SMILES string of the molecule is ClC(Cl)(Cl)C(Cl)(Cl)C(Cl)(Cl)C(Cl)(Cl)C(Cl)(Cl)C(Cl)(Cl)Cl.O=[SH](=O)O. The van der Waals surface area contributed by atoms with Gasteiger partial charge in [-0.05, 0) is 0 Å². The molecule has 0 unspecified atom stereocenters. The standard InChI is InChI=1S/C6Cl14.H2O3S/c7-1(8,3(11,12)5(15,16)17)2(9,10)4(13,14)6(18,19)20;1-4(2)3/h;4H,(H,1,2,3). The predicted octanol–water partition coefficient (Wildman–Crippen LogP) is 7.49. The Morgan fingerprint density at radius 2 is 0.583 bits per heavy atom. The lowest BCUT2D eigenvalue weighted by Gasteiger charge is -2.49. The summed E-state index contributed by atoms with van der Waals surface area (Å²) in [6.45, 7) is 0. The minimum Gasteiger partial charge on any atom is -0.288 e. The molecule has 0 saturated carbocycles. The van der Waals surface area contributed by atoms with Crippen LogP contribution in [-0.4, -0.2) is 37.9 Å². The first-order valence-electron chi connectivity index (χ1n) is 4.46. The van der Waals surface area contributed by atoms with Crippen molar-refractivity contribution < 1.29 is 13.0 Å². The van der Waals surface area contributed by atoms with Crippen LogP contribution in [0, 0.1) is 0 Å². The van der Waals surface area contributed by atoms with Crippen LogP contribution in [0.1, 0.15) is 0 Å². The van der Waals surface area contributed by atoms with Crippen LogP contribution in [0.4, 0.5) is 0 Å². The summed E-state index contributed by atoms with van der Waals surface area (Å²) in [5.74, 6) is 0. The average molecular weight is 650 g/mol. The van der Waals surface area contributed by atoms with Crippen LogP contribution >= 0.6 is 162 Å². The van der Waals surface area contributed by atoms with Crippen molar-refractivity contribution in [2.24, 2.45) is 0 Å². The fourth-order valence-corrected chi connectivity index (χ4v) is 4.27. The zero-order chi connectivity index (χ0) is 20.6. The van der Waals surface area contributed by atoms with E-state index in [-0.39, 0.29) is 0 Å². The Kier molecular flexibility index (Phi) is 12.4. The van der Waals surface area contributed by atoms with Gasteiger partial charge in [0.05, 0.1) is 0 Å². The Labute approximate surface area is 208 Å². The summed E-state index contributed by atoms with van der Waals surface area (Å²) in [5.41, 5.74) is 0. The molecular weight excluding hydrogens is 648 g/mol. The third kappa shape index (κ3) is 6.75. The molecule has 0 bridgehead atoms. The number of halogens is 14. The number of alkyl halides is 14. The van der Waals surface area contributed by atoms with Gasteiger partial charge in [-0.25, -0.2) is 8.42 Å². The molecule has 18 heteroatoms. The summed E-state index contributed by atoms with van der Waals surface area (Å²) in [6.07, 6.45) is 0. The van der Waals surface area contributed by atoms with Gasteiger partial charge < -0.3 is 0 Å². The normalized spacial score (nSPS) is 15.2. The van der Waals surface area contributed by atoms with Crippen molar-refractivity contribution in [2.75, 3.05) is 0 Å². The van der Waals surface area contributed by atoms with Gasteiger partial charge in [0.15, 0.2) is 8.67 Å². The lowest BCUT2D eigenvalue weighted by molar-refractivity contribution is 0.509. The topological polar surface area (TPSA) is 54.4 Å². The molecule has 0 saturated heterocycles. The van der Waals surface area contributed by atoms with Crippen molar-refractivity contribution in [1.29, 1.82) is 0 Å². The molecule has 148 valence electrons. The Hall–Kier alpha value is 3.97. The van der Waals surface area contributed by atoms with Gasteiger partial charge in [0.2, 0.25) is 16.3 Å². The number of thiol groups is 1. The van der Waals surface area contributed by atoms with Crippen LogP contribution in [0.5, 0.6) is 0 Å². The molecule has 0 aliphatic carbocycles. The fourth-order valence-electron chi connectivity index (χ4n) is 0.750. The van der Waals surface area contributed by atoms with Gasteiger partial charge in [-0.2, -0.15) is 0 Å². The molecule has 0 aromatic heterocycles. The second kappa shape index (κ2) is 9.85. The van der Waals surface area contributed by atoms with Crippen molar-refractivity contribution in [3.8, 4) is 0 Å². The third-order valence-corrected chi connectivity index (χ3v) is 10.5. The molecule has 0 heterocycles. The molecular formula is C6H2Cl14O3S. The summed E-state index contributed by atoms with van der Waals surface area (Å²) >= 11 is 80.5. The minimum absolute atomic E-state index is 2.45. The van der Waals surface area contributed by atoms with E-state index in [2.05, 4.69) is 0 Å². The van der Waals surface area contributed by atoms with Gasteiger partial charge in [-0.1, -0.05) is 162 Å². The van der Waals surface area contributed by atoms with Crippen LogP contribution in [-0.2, 0) is 11.0 Å². The summed E-state index contributed by atoms with van der Waals surface area (Å²) in [5, 5.41) is 0. The maximum atomic E-state index is 8.59. The van der Waals surface area contributed by atoms with E-state index in [0.717, 1.165) is 0 Å². The third-order valence-electron chi connectivity index (χ3n) is 1.90. The van der Waals surface area contributed by atoms with Crippen LogP contribution in [0.15, 0.2) is 0 Å². The van der Waals surface area contributed by atoms with E-state index in [1.165, 1.54) is 0 Å². The van der Waals surface area contributed by atoms with E-state index in [9.17, 15) is 0 Å². The van der Waals surface area contributed by atoms with Crippen molar-refractivity contribution in [2.45, 2.75) is 24.9 Å². The summed E-state index contributed by atoms with van der Waals surface area (Å²) in [4.78, 5) is 0. The number of hydrogen-bond acceptors (Lipinski definition) is 2. The van der Waals surface area contributed by atoms with Crippen LogP contribution in [0.25, 0.3) is 0 Å². The van der Waals surface area contributed by atoms with Gasteiger partial charge in [0, 0.05) is 0 Å². The van der Waals surface area contributed by atoms with Gasteiger partial charge in [-0.3, -0.25) is 4.55 Å². The molecule has 0 aliphatic heterocycles. The largest absolute Gasteiger partial charge is 0.288 e. The smallest absolute Gasteiger partial charge is 0.254 e. The summed E-state index contributed by atoms with van der Waals surface area (Å²) in [7, 11) is -3.12. The van der Waals surface area contributed by atoms with E-state index < -0.39 is 35.9 Å². The highest BCUT2D eigenvalue weighted by Gasteiger charge is 2.76. The molecule has 0 radical (unpaired) electrons. The summed E-state index contributed by atoms with van der Waals surface area (Å²) < 4.78 is 8.72. The van der Waals surface area contributed by atoms with Gasteiger partial charge in [-0.15, -0.1) is 0 Å². The van der Waals surface area contributed by atoms with Crippen molar-refractivity contribution in [1.82, 2.24) is 0 Å². The molecule has 24 heavy (non-hydrogen) atoms. The first kappa shape index (κ1) is 30.2. The Morgan fingerprint density at radius 3 is 0.667 bits per heavy atom. The Balaban J connectivity index is 0. The zero-order valence-corrected chi connectivity index (χ0v) is 21.5. The molecule has 0 amide bonds. The highest BCUT2D eigenvalue weighted by molar-refractivity contribution is 7.66. The molecule has 0 rings (SSSR count). The predicted molar refractivity (Wildman–Crippen MR) is 111 cm³/mol. The second-order valence-corrected chi connectivity index (χ2v) is 13.9. The molecule has 0 spiro atoms. The van der Waals surface area contributed by atoms with Gasteiger partial charge >= 0.3 is 0 Å². The zero-order valence-electron chi connectivity index (χ0n) is 10.0. The van der Waals surface area contributed by atoms with Crippen LogP contribution in [0.2, 0.25) is 0 Å². The molecule has 0 aromatic carbocycles. The average Bonchev–Trinajstić information content (AvgIpc) is 2.23. The first-order chi connectivity index (χ1) is 9.98. The fraction of sp³-hybridized carbons (Fsp3) is 1.00. The Morgan fingerprint density at radius 1 is 0.458 bits per heavy atom. The van der Waals surface area contributed by atoms with Gasteiger partial charge in [0.1, 0.15) is 0 Å². The lowest BCUT2D eigenvalue weighted by atomic mass is 10.1. The van der Waals surface area contributed by atoms with Crippen molar-refractivity contribution in [3.05, 3.63) is 0 Å². The highest BCUT2D eigenvalue weighted by Crippen LogP contribution is 2.69. The number of hydrogen-bond donors (Lipinski definition) is 2. The minimum atomic E-state index is -3.12. The maximum Gasteiger partial charge on any atom is 0.254 e. The summed E-state index contributed by atoms with van der Waals surface area (Å²) in [6, 6.07) is 0. The van der Waals surface area contributed by atoms with Gasteiger partial charge in [0.25, 0.3) is 11.0 Å². The molecule has 1 N–H and O–H groups in total. The van der Waals surface area contributed by atoms with E-state index >= 15 is 0 Å². The van der Waals surface area contributed by atoms with Crippen LogP contribution in [0.3, 0.4) is 0 Å².